The maximum absolute atomic E-state index is 4.41. The Morgan fingerprint density at radius 1 is 0.446 bits per heavy atom. The highest BCUT2D eigenvalue weighted by molar-refractivity contribution is 5.90. The van der Waals surface area contributed by atoms with Crippen LogP contribution in [0.3, 0.4) is 0 Å². The Hall–Kier alpha value is -6.44. The van der Waals surface area contributed by atoms with E-state index >= 15 is 0 Å². The first-order valence-electron chi connectivity index (χ1n) is 19.8. The van der Waals surface area contributed by atoms with Gasteiger partial charge in [-0.25, -0.2) is 0 Å². The Labute approximate surface area is 332 Å². The van der Waals surface area contributed by atoms with Gasteiger partial charge >= 0.3 is 0 Å². The molecule has 0 saturated carbocycles. The number of hydrogen-bond acceptors (Lipinski definition) is 1. The molecule has 0 bridgehead atoms. The lowest BCUT2D eigenvalue weighted by Gasteiger charge is -2.29. The van der Waals surface area contributed by atoms with Crippen LogP contribution in [0, 0.1) is 0 Å². The van der Waals surface area contributed by atoms with E-state index in [-0.39, 0.29) is 10.8 Å². The van der Waals surface area contributed by atoms with Crippen LogP contribution in [0.4, 0.5) is 17.1 Å². The molecule has 7 aromatic rings. The summed E-state index contributed by atoms with van der Waals surface area (Å²) in [6, 6.07) is 60.3. The summed E-state index contributed by atoms with van der Waals surface area (Å²) in [4.78, 5) is 2.40. The molecule has 9 rings (SSSR count). The van der Waals surface area contributed by atoms with E-state index in [2.05, 4.69) is 227 Å². The first kappa shape index (κ1) is 35.3. The molecule has 0 radical (unpaired) electrons. The van der Waals surface area contributed by atoms with Gasteiger partial charge in [0.15, 0.2) is 0 Å². The number of allylic oxidation sites excluding steroid dienone is 5. The fraction of sp³-hybridized carbons (Fsp3) is 0.127. The quantitative estimate of drug-likeness (QED) is 0.165. The highest BCUT2D eigenvalue weighted by atomic mass is 15.1. The highest BCUT2D eigenvalue weighted by Crippen LogP contribution is 2.50. The first-order valence-corrected chi connectivity index (χ1v) is 19.8. The Kier molecular flexibility index (Phi) is 8.82. The van der Waals surface area contributed by atoms with Crippen LogP contribution in [0.25, 0.3) is 50.1 Å². The zero-order valence-corrected chi connectivity index (χ0v) is 32.8. The third-order valence-electron chi connectivity index (χ3n) is 12.0. The van der Waals surface area contributed by atoms with Crippen LogP contribution in [-0.4, -0.2) is 0 Å². The van der Waals surface area contributed by atoms with Gasteiger partial charge < -0.3 is 4.90 Å². The summed E-state index contributed by atoms with van der Waals surface area (Å²) in [5, 5.41) is 0. The molecule has 0 saturated heterocycles. The van der Waals surface area contributed by atoms with Gasteiger partial charge in [-0.1, -0.05) is 180 Å². The molecule has 0 N–H and O–H groups in total. The summed E-state index contributed by atoms with van der Waals surface area (Å²) in [5.41, 5.74) is 19.6. The van der Waals surface area contributed by atoms with Gasteiger partial charge in [0.2, 0.25) is 0 Å². The molecule has 2 aliphatic rings. The SMILES string of the molecule is C=C1/C=C\C=C/CC(C)(C)c2cc(-c3ccc(N(c4ccc(-c5ccc6c(c5)C(C)(C)c5ccccc5-6)cc4)c4ccccc4-c4ccccc4)cc3)ccc21. The van der Waals surface area contributed by atoms with E-state index in [0.717, 1.165) is 29.1 Å². The van der Waals surface area contributed by atoms with E-state index in [9.17, 15) is 0 Å². The van der Waals surface area contributed by atoms with E-state index in [4.69, 9.17) is 0 Å². The Morgan fingerprint density at radius 2 is 0.982 bits per heavy atom. The Balaban J connectivity index is 1.11. The number of hydrogen-bond donors (Lipinski definition) is 0. The molecule has 1 nitrogen and oxygen atoms in total. The van der Waals surface area contributed by atoms with Crippen molar-refractivity contribution >= 4 is 22.6 Å². The fourth-order valence-corrected chi connectivity index (χ4v) is 8.82. The monoisotopic (exact) mass is 721 g/mol. The number of nitrogens with zero attached hydrogens (tertiary/aromatic N) is 1. The maximum atomic E-state index is 4.41. The van der Waals surface area contributed by atoms with Crippen LogP contribution in [0.5, 0.6) is 0 Å². The van der Waals surface area contributed by atoms with Crippen LogP contribution >= 0.6 is 0 Å². The predicted molar refractivity (Wildman–Crippen MR) is 240 cm³/mol. The van der Waals surface area contributed by atoms with Crippen LogP contribution < -0.4 is 4.90 Å². The van der Waals surface area contributed by atoms with Crippen molar-refractivity contribution in [1.82, 2.24) is 0 Å². The second-order valence-electron chi connectivity index (χ2n) is 16.4. The minimum Gasteiger partial charge on any atom is -0.310 e. The van der Waals surface area contributed by atoms with E-state index in [1.54, 1.807) is 0 Å². The number of para-hydroxylation sites is 1. The van der Waals surface area contributed by atoms with Crippen LogP contribution in [0.15, 0.2) is 195 Å². The molecule has 0 atom stereocenters. The van der Waals surface area contributed by atoms with Gasteiger partial charge in [0, 0.05) is 22.4 Å². The molecule has 0 spiro atoms. The van der Waals surface area contributed by atoms with Gasteiger partial charge in [0.1, 0.15) is 0 Å². The number of rotatable bonds is 6. The largest absolute Gasteiger partial charge is 0.310 e. The van der Waals surface area contributed by atoms with Gasteiger partial charge in [0.25, 0.3) is 0 Å². The Bertz CT molecular complexity index is 2650. The van der Waals surface area contributed by atoms with E-state index in [0.29, 0.717) is 0 Å². The second-order valence-corrected chi connectivity index (χ2v) is 16.4. The van der Waals surface area contributed by atoms with Crippen LogP contribution in [-0.2, 0) is 10.8 Å². The predicted octanol–water partition coefficient (Wildman–Crippen LogP) is 15.3. The smallest absolute Gasteiger partial charge is 0.0540 e. The van der Waals surface area contributed by atoms with Gasteiger partial charge in [0.05, 0.1) is 5.69 Å². The molecule has 272 valence electrons. The minimum absolute atomic E-state index is 0.0259. The van der Waals surface area contributed by atoms with Crippen molar-refractivity contribution in [3.8, 4) is 44.5 Å². The van der Waals surface area contributed by atoms with Crippen LogP contribution in [0.2, 0.25) is 0 Å². The zero-order chi connectivity index (χ0) is 38.4. The van der Waals surface area contributed by atoms with Gasteiger partial charge in [-0.15, -0.1) is 0 Å². The lowest BCUT2D eigenvalue weighted by atomic mass is 9.77. The molecule has 0 heterocycles. The van der Waals surface area contributed by atoms with Crippen molar-refractivity contribution in [2.45, 2.75) is 44.9 Å². The lowest BCUT2D eigenvalue weighted by molar-refractivity contribution is 0.533. The van der Waals surface area contributed by atoms with Gasteiger partial charge in [-0.05, 0) is 121 Å². The Morgan fingerprint density at radius 3 is 1.66 bits per heavy atom. The van der Waals surface area contributed by atoms with Crippen molar-refractivity contribution < 1.29 is 0 Å². The summed E-state index contributed by atoms with van der Waals surface area (Å²) in [6.45, 7) is 13.8. The van der Waals surface area contributed by atoms with Crippen molar-refractivity contribution in [1.29, 1.82) is 0 Å². The molecule has 56 heavy (non-hydrogen) atoms. The molecule has 0 aliphatic heterocycles. The molecule has 2 aliphatic carbocycles. The average molecular weight is 722 g/mol. The third kappa shape index (κ3) is 6.24. The topological polar surface area (TPSA) is 3.24 Å². The molecular weight excluding hydrogens is 675 g/mol. The standard InChI is InChI=1S/C55H47N/c1-38-16-8-7-15-35-54(2,3)51-36-42(27-33-46(38)51)39-23-29-44(30-24-39)56(53-22-14-12-19-47(53)41-17-9-6-10-18-41)45-31-25-40(26-32-45)43-28-34-49-48-20-11-13-21-50(48)55(4,5)52(49)37-43/h6-34,36-37H,1,35H2,2-5H3/b15-7-,16-8-. The van der Waals surface area contributed by atoms with Crippen molar-refractivity contribution in [3.63, 3.8) is 0 Å². The molecule has 0 unspecified atom stereocenters. The van der Waals surface area contributed by atoms with Crippen LogP contribution in [0.1, 0.15) is 56.4 Å². The normalized spacial score (nSPS) is 16.0. The molecular formula is C55H47N. The van der Waals surface area contributed by atoms with Crippen molar-refractivity contribution in [2.75, 3.05) is 4.90 Å². The minimum atomic E-state index is -0.0391. The first-order chi connectivity index (χ1) is 27.2. The molecule has 0 amide bonds. The number of fused-ring (bicyclic) bond motifs is 4. The maximum Gasteiger partial charge on any atom is 0.0540 e. The van der Waals surface area contributed by atoms with E-state index in [1.165, 1.54) is 66.8 Å². The number of benzene rings is 7. The summed E-state index contributed by atoms with van der Waals surface area (Å²) >= 11 is 0. The average Bonchev–Trinajstić information content (AvgIpc) is 3.49. The molecule has 0 fully saturated rings. The highest BCUT2D eigenvalue weighted by Gasteiger charge is 2.35. The van der Waals surface area contributed by atoms with E-state index in [1.807, 2.05) is 0 Å². The van der Waals surface area contributed by atoms with E-state index < -0.39 is 0 Å². The van der Waals surface area contributed by atoms with Gasteiger partial charge in [-0.2, -0.15) is 0 Å². The zero-order valence-electron chi connectivity index (χ0n) is 32.8. The summed E-state index contributed by atoms with van der Waals surface area (Å²) in [5.74, 6) is 0. The molecule has 7 aromatic carbocycles. The van der Waals surface area contributed by atoms with Crippen molar-refractivity contribution in [3.05, 3.63) is 217 Å². The van der Waals surface area contributed by atoms with Crippen molar-refractivity contribution in [2.24, 2.45) is 0 Å². The lowest BCUT2D eigenvalue weighted by Crippen LogP contribution is -2.18. The third-order valence-corrected chi connectivity index (χ3v) is 12.0. The second kappa shape index (κ2) is 14.0. The fourth-order valence-electron chi connectivity index (χ4n) is 8.82. The number of anilines is 3. The summed E-state index contributed by atoms with van der Waals surface area (Å²) < 4.78 is 0. The summed E-state index contributed by atoms with van der Waals surface area (Å²) in [6.07, 6.45) is 9.58. The molecule has 0 aromatic heterocycles. The van der Waals surface area contributed by atoms with Gasteiger partial charge in [-0.3, -0.25) is 0 Å². The summed E-state index contributed by atoms with van der Waals surface area (Å²) in [7, 11) is 0. The molecule has 1 heteroatoms.